The summed E-state index contributed by atoms with van der Waals surface area (Å²) in [5, 5.41) is 13.2. The highest BCUT2D eigenvalue weighted by Gasteiger charge is 2.39. The molecular weight excluding hydrogens is 186 g/mol. The highest BCUT2D eigenvalue weighted by Crippen LogP contribution is 2.44. The summed E-state index contributed by atoms with van der Waals surface area (Å²) >= 11 is 0. The van der Waals surface area contributed by atoms with E-state index in [2.05, 4.69) is 5.32 Å². The summed E-state index contributed by atoms with van der Waals surface area (Å²) < 4.78 is 0. The minimum absolute atomic E-state index is 0.00294. The van der Waals surface area contributed by atoms with Gasteiger partial charge in [-0.3, -0.25) is 0 Å². The Morgan fingerprint density at radius 1 is 1.00 bits per heavy atom. The molecule has 0 aliphatic heterocycles. The molecule has 0 spiro atoms. The molecule has 3 saturated carbocycles. The van der Waals surface area contributed by atoms with Gasteiger partial charge in [0.25, 0.3) is 0 Å². The van der Waals surface area contributed by atoms with Gasteiger partial charge in [0.15, 0.2) is 0 Å². The van der Waals surface area contributed by atoms with E-state index < -0.39 is 0 Å². The van der Waals surface area contributed by atoms with E-state index in [4.69, 9.17) is 0 Å². The van der Waals surface area contributed by atoms with Crippen LogP contribution in [0.15, 0.2) is 0 Å². The van der Waals surface area contributed by atoms with Gasteiger partial charge in [0.2, 0.25) is 0 Å². The predicted octanol–water partition coefficient (Wildman–Crippen LogP) is 1.93. The minimum atomic E-state index is -0.00294. The predicted molar refractivity (Wildman–Crippen MR) is 60.6 cm³/mol. The molecule has 0 heterocycles. The molecule has 0 aromatic heterocycles. The van der Waals surface area contributed by atoms with Crippen molar-refractivity contribution in [1.29, 1.82) is 0 Å². The van der Waals surface area contributed by atoms with E-state index in [-0.39, 0.29) is 6.10 Å². The summed E-state index contributed by atoms with van der Waals surface area (Å²) in [4.78, 5) is 0. The Hall–Kier alpha value is -0.0800. The first-order chi connectivity index (χ1) is 7.31. The first-order valence-corrected chi connectivity index (χ1v) is 6.72. The van der Waals surface area contributed by atoms with Crippen LogP contribution in [-0.2, 0) is 0 Å². The molecule has 3 rings (SSSR count). The van der Waals surface area contributed by atoms with Gasteiger partial charge in [0.05, 0.1) is 6.10 Å². The molecule has 2 heteroatoms. The number of aliphatic hydroxyl groups excluding tert-OH is 1. The van der Waals surface area contributed by atoms with Crippen LogP contribution in [0.4, 0.5) is 0 Å². The standard InChI is InChI=1S/C13H23NO/c15-12-4-2-10(6-12)8-14-13-7-9-1-3-11(13)5-9/h9-15H,1-8H2. The van der Waals surface area contributed by atoms with E-state index in [1.54, 1.807) is 0 Å². The zero-order valence-corrected chi connectivity index (χ0v) is 9.49. The first-order valence-electron chi connectivity index (χ1n) is 6.72. The summed E-state index contributed by atoms with van der Waals surface area (Å²) in [6, 6.07) is 0.821. The van der Waals surface area contributed by atoms with E-state index in [9.17, 15) is 5.11 Å². The Morgan fingerprint density at radius 2 is 1.93 bits per heavy atom. The highest BCUT2D eigenvalue weighted by atomic mass is 16.3. The van der Waals surface area contributed by atoms with Gasteiger partial charge in [-0.1, -0.05) is 6.42 Å². The molecule has 0 aromatic rings. The van der Waals surface area contributed by atoms with Crippen molar-refractivity contribution in [1.82, 2.24) is 5.32 Å². The summed E-state index contributed by atoms with van der Waals surface area (Å²) in [6.07, 6.45) is 9.18. The Morgan fingerprint density at radius 3 is 2.53 bits per heavy atom. The molecule has 2 N–H and O–H groups in total. The second-order valence-corrected chi connectivity index (χ2v) is 6.02. The molecule has 86 valence electrons. The van der Waals surface area contributed by atoms with Crippen molar-refractivity contribution >= 4 is 0 Å². The summed E-state index contributed by atoms with van der Waals surface area (Å²) in [5.41, 5.74) is 0. The minimum Gasteiger partial charge on any atom is -0.393 e. The number of nitrogens with one attached hydrogen (secondary N) is 1. The van der Waals surface area contributed by atoms with Gasteiger partial charge in [-0.05, 0) is 62.8 Å². The Labute approximate surface area is 92.4 Å². The van der Waals surface area contributed by atoms with Crippen molar-refractivity contribution in [3.8, 4) is 0 Å². The van der Waals surface area contributed by atoms with E-state index in [1.807, 2.05) is 0 Å². The SMILES string of the molecule is OC1CCC(CNC2CC3CCC2C3)C1. The maximum Gasteiger partial charge on any atom is 0.0543 e. The number of aliphatic hydroxyl groups is 1. The zero-order valence-electron chi connectivity index (χ0n) is 9.49. The Balaban J connectivity index is 1.43. The van der Waals surface area contributed by atoms with E-state index in [0.29, 0.717) is 0 Å². The van der Waals surface area contributed by atoms with Gasteiger partial charge in [0, 0.05) is 6.04 Å². The first kappa shape index (κ1) is 10.1. The molecule has 2 nitrogen and oxygen atoms in total. The second kappa shape index (κ2) is 4.06. The van der Waals surface area contributed by atoms with E-state index in [1.165, 1.54) is 32.1 Å². The van der Waals surface area contributed by atoms with Crippen LogP contribution in [0.2, 0.25) is 0 Å². The molecule has 0 amide bonds. The third-order valence-corrected chi connectivity index (χ3v) is 4.92. The number of fused-ring (bicyclic) bond motifs is 2. The summed E-state index contributed by atoms with van der Waals surface area (Å²) in [6.45, 7) is 1.16. The molecule has 3 aliphatic rings. The van der Waals surface area contributed by atoms with Crippen LogP contribution in [0.25, 0.3) is 0 Å². The highest BCUT2D eigenvalue weighted by molar-refractivity contribution is 4.94. The normalized spacial score (nSPS) is 49.0. The lowest BCUT2D eigenvalue weighted by Gasteiger charge is -2.24. The maximum absolute atomic E-state index is 9.47. The smallest absolute Gasteiger partial charge is 0.0543 e. The van der Waals surface area contributed by atoms with E-state index in [0.717, 1.165) is 43.2 Å². The van der Waals surface area contributed by atoms with Crippen molar-refractivity contribution in [2.45, 2.75) is 57.1 Å². The third kappa shape index (κ3) is 2.07. The maximum atomic E-state index is 9.47. The van der Waals surface area contributed by atoms with Crippen LogP contribution < -0.4 is 5.32 Å². The zero-order chi connectivity index (χ0) is 10.3. The Kier molecular flexibility index (Phi) is 2.73. The van der Waals surface area contributed by atoms with Crippen LogP contribution in [0, 0.1) is 17.8 Å². The van der Waals surface area contributed by atoms with Crippen LogP contribution in [-0.4, -0.2) is 23.8 Å². The second-order valence-electron chi connectivity index (χ2n) is 6.02. The molecule has 5 atom stereocenters. The van der Waals surface area contributed by atoms with Crippen molar-refractivity contribution in [2.75, 3.05) is 6.54 Å². The molecule has 2 bridgehead atoms. The van der Waals surface area contributed by atoms with Gasteiger partial charge < -0.3 is 10.4 Å². The lowest BCUT2D eigenvalue weighted by atomic mass is 9.95. The summed E-state index contributed by atoms with van der Waals surface area (Å²) in [7, 11) is 0. The molecule has 3 fully saturated rings. The fourth-order valence-corrected chi connectivity index (χ4v) is 4.05. The quantitative estimate of drug-likeness (QED) is 0.744. The van der Waals surface area contributed by atoms with Crippen molar-refractivity contribution < 1.29 is 5.11 Å². The number of rotatable bonds is 3. The fraction of sp³-hybridized carbons (Fsp3) is 1.00. The summed E-state index contributed by atoms with van der Waals surface area (Å²) in [5.74, 6) is 2.78. The molecule has 5 unspecified atom stereocenters. The van der Waals surface area contributed by atoms with Crippen molar-refractivity contribution in [2.24, 2.45) is 17.8 Å². The largest absolute Gasteiger partial charge is 0.393 e. The van der Waals surface area contributed by atoms with Gasteiger partial charge >= 0.3 is 0 Å². The number of hydrogen-bond donors (Lipinski definition) is 2. The lowest BCUT2D eigenvalue weighted by Crippen LogP contribution is -2.36. The van der Waals surface area contributed by atoms with E-state index >= 15 is 0 Å². The topological polar surface area (TPSA) is 32.3 Å². The van der Waals surface area contributed by atoms with Crippen molar-refractivity contribution in [3.05, 3.63) is 0 Å². The molecule has 15 heavy (non-hydrogen) atoms. The lowest BCUT2D eigenvalue weighted by molar-refractivity contribution is 0.176. The van der Waals surface area contributed by atoms with Gasteiger partial charge in [0.1, 0.15) is 0 Å². The van der Waals surface area contributed by atoms with Crippen LogP contribution in [0.1, 0.15) is 44.9 Å². The third-order valence-electron chi connectivity index (χ3n) is 4.92. The fourth-order valence-electron chi connectivity index (χ4n) is 4.05. The van der Waals surface area contributed by atoms with Crippen LogP contribution >= 0.6 is 0 Å². The average molecular weight is 209 g/mol. The van der Waals surface area contributed by atoms with Gasteiger partial charge in [-0.2, -0.15) is 0 Å². The molecule has 3 aliphatic carbocycles. The monoisotopic (exact) mass is 209 g/mol. The average Bonchev–Trinajstić information content (AvgIpc) is 2.90. The molecule has 0 saturated heterocycles. The molecule has 0 aromatic carbocycles. The van der Waals surface area contributed by atoms with Crippen molar-refractivity contribution in [3.63, 3.8) is 0 Å². The number of hydrogen-bond acceptors (Lipinski definition) is 2. The van der Waals surface area contributed by atoms with Crippen LogP contribution in [0.3, 0.4) is 0 Å². The van der Waals surface area contributed by atoms with Crippen LogP contribution in [0.5, 0.6) is 0 Å². The molecule has 0 radical (unpaired) electrons. The van der Waals surface area contributed by atoms with Gasteiger partial charge in [-0.15, -0.1) is 0 Å². The van der Waals surface area contributed by atoms with Gasteiger partial charge in [-0.25, -0.2) is 0 Å². The Bertz CT molecular complexity index is 231. The molecular formula is C13H23NO.